The van der Waals surface area contributed by atoms with Crippen LogP contribution in [-0.2, 0) is 6.42 Å². The van der Waals surface area contributed by atoms with Crippen LogP contribution in [0.25, 0.3) is 0 Å². The van der Waals surface area contributed by atoms with Crippen molar-refractivity contribution in [2.45, 2.75) is 45.2 Å². The minimum atomic E-state index is -0.00418. The van der Waals surface area contributed by atoms with Crippen LogP contribution in [-0.4, -0.2) is 40.3 Å². The molecule has 2 aliphatic heterocycles. The zero-order valence-electron chi connectivity index (χ0n) is 14.7. The van der Waals surface area contributed by atoms with Gasteiger partial charge in [0.25, 0.3) is 0 Å². The number of nitrogens with one attached hydrogen (secondary N) is 2. The molecule has 0 aliphatic carbocycles. The van der Waals surface area contributed by atoms with Crippen LogP contribution in [0.1, 0.15) is 41.4 Å². The SMILES string of the molecule is Cc1n[nH]c(C)c1C1CCCN1C(=O)NC1COc2ccccc2C1. The summed E-state index contributed by atoms with van der Waals surface area (Å²) < 4.78 is 5.79. The van der Waals surface area contributed by atoms with Gasteiger partial charge in [-0.2, -0.15) is 5.10 Å². The van der Waals surface area contributed by atoms with Crippen molar-refractivity contribution in [1.82, 2.24) is 20.4 Å². The molecule has 0 saturated carbocycles. The van der Waals surface area contributed by atoms with Crippen LogP contribution in [0.15, 0.2) is 24.3 Å². The van der Waals surface area contributed by atoms with Gasteiger partial charge >= 0.3 is 6.03 Å². The van der Waals surface area contributed by atoms with E-state index in [-0.39, 0.29) is 18.1 Å². The number of rotatable bonds is 2. The number of nitrogens with zero attached hydrogens (tertiary/aromatic N) is 2. The predicted octanol–water partition coefficient (Wildman–Crippen LogP) is 2.88. The van der Waals surface area contributed by atoms with E-state index in [9.17, 15) is 4.79 Å². The van der Waals surface area contributed by atoms with Crippen LogP contribution in [0.4, 0.5) is 4.79 Å². The van der Waals surface area contributed by atoms with Gasteiger partial charge in [-0.3, -0.25) is 5.10 Å². The highest BCUT2D eigenvalue weighted by Crippen LogP contribution is 2.35. The summed E-state index contributed by atoms with van der Waals surface area (Å²) in [6.07, 6.45) is 2.81. The maximum Gasteiger partial charge on any atom is 0.318 e. The number of fused-ring (bicyclic) bond motifs is 1. The summed E-state index contributed by atoms with van der Waals surface area (Å²) in [5, 5.41) is 10.5. The Morgan fingerprint density at radius 3 is 3.00 bits per heavy atom. The van der Waals surface area contributed by atoms with Gasteiger partial charge in [-0.15, -0.1) is 0 Å². The molecule has 1 fully saturated rings. The van der Waals surface area contributed by atoms with Crippen molar-refractivity contribution in [1.29, 1.82) is 0 Å². The van der Waals surface area contributed by atoms with Crippen LogP contribution in [0.3, 0.4) is 0 Å². The molecule has 2 atom stereocenters. The van der Waals surface area contributed by atoms with Crippen molar-refractivity contribution in [2.24, 2.45) is 0 Å². The van der Waals surface area contributed by atoms with Crippen LogP contribution in [0, 0.1) is 13.8 Å². The lowest BCUT2D eigenvalue weighted by Crippen LogP contribution is -2.48. The maximum absolute atomic E-state index is 12.9. The molecule has 2 amide bonds. The summed E-state index contributed by atoms with van der Waals surface area (Å²) in [6.45, 7) is 5.32. The monoisotopic (exact) mass is 340 g/mol. The van der Waals surface area contributed by atoms with E-state index in [1.54, 1.807) is 0 Å². The number of para-hydroxylation sites is 1. The quantitative estimate of drug-likeness (QED) is 0.883. The second-order valence-electron chi connectivity index (χ2n) is 6.97. The van der Waals surface area contributed by atoms with E-state index in [1.165, 1.54) is 0 Å². The van der Waals surface area contributed by atoms with Gasteiger partial charge in [-0.25, -0.2) is 4.79 Å². The Bertz CT molecular complexity index is 766. The van der Waals surface area contributed by atoms with Gasteiger partial charge in [-0.1, -0.05) is 18.2 Å². The zero-order chi connectivity index (χ0) is 17.4. The molecule has 2 unspecified atom stereocenters. The van der Waals surface area contributed by atoms with Crippen LogP contribution < -0.4 is 10.1 Å². The van der Waals surface area contributed by atoms with Gasteiger partial charge in [-0.05, 0) is 44.7 Å². The fourth-order valence-electron chi connectivity index (χ4n) is 4.04. The second-order valence-corrected chi connectivity index (χ2v) is 6.97. The molecule has 3 heterocycles. The summed E-state index contributed by atoms with van der Waals surface area (Å²) in [7, 11) is 0. The number of aromatic amines is 1. The van der Waals surface area contributed by atoms with E-state index in [1.807, 2.05) is 36.9 Å². The Morgan fingerprint density at radius 2 is 2.20 bits per heavy atom. The van der Waals surface area contributed by atoms with Gasteiger partial charge in [0, 0.05) is 17.8 Å². The van der Waals surface area contributed by atoms with E-state index in [4.69, 9.17) is 4.74 Å². The fraction of sp³-hybridized carbons (Fsp3) is 0.474. The number of hydrogen-bond acceptors (Lipinski definition) is 3. The van der Waals surface area contributed by atoms with Crippen LogP contribution in [0.2, 0.25) is 0 Å². The van der Waals surface area contributed by atoms with Crippen LogP contribution in [0.5, 0.6) is 5.75 Å². The highest BCUT2D eigenvalue weighted by atomic mass is 16.5. The van der Waals surface area contributed by atoms with E-state index >= 15 is 0 Å². The molecule has 1 saturated heterocycles. The highest BCUT2D eigenvalue weighted by Gasteiger charge is 2.34. The summed E-state index contributed by atoms with van der Waals surface area (Å²) in [5.41, 5.74) is 4.35. The lowest BCUT2D eigenvalue weighted by Gasteiger charge is -2.30. The predicted molar refractivity (Wildman–Crippen MR) is 94.7 cm³/mol. The Labute approximate surface area is 147 Å². The Hall–Kier alpha value is -2.50. The van der Waals surface area contributed by atoms with Gasteiger partial charge in [0.1, 0.15) is 12.4 Å². The molecule has 132 valence electrons. The molecular weight excluding hydrogens is 316 g/mol. The molecule has 2 aromatic rings. The lowest BCUT2D eigenvalue weighted by atomic mass is 10.0. The Kier molecular flexibility index (Phi) is 4.11. The lowest BCUT2D eigenvalue weighted by molar-refractivity contribution is 0.176. The number of urea groups is 1. The number of H-pyrrole nitrogens is 1. The normalized spacial score (nSPS) is 22.4. The van der Waals surface area contributed by atoms with E-state index in [0.717, 1.165) is 54.1 Å². The summed E-state index contributed by atoms with van der Waals surface area (Å²) >= 11 is 0. The minimum Gasteiger partial charge on any atom is -0.491 e. The number of aromatic nitrogens is 2. The summed E-state index contributed by atoms with van der Waals surface area (Å²) in [6, 6.07) is 8.13. The number of aryl methyl sites for hydroxylation is 2. The first-order chi connectivity index (χ1) is 12.1. The van der Waals surface area contributed by atoms with Gasteiger partial charge in [0.05, 0.1) is 17.8 Å². The average molecular weight is 340 g/mol. The van der Waals surface area contributed by atoms with Gasteiger partial charge in [0.15, 0.2) is 0 Å². The minimum absolute atomic E-state index is 0.00418. The Morgan fingerprint density at radius 1 is 1.36 bits per heavy atom. The zero-order valence-corrected chi connectivity index (χ0v) is 14.7. The molecule has 6 nitrogen and oxygen atoms in total. The number of hydrogen-bond donors (Lipinski definition) is 2. The summed E-state index contributed by atoms with van der Waals surface area (Å²) in [4.78, 5) is 14.8. The van der Waals surface area contributed by atoms with Gasteiger partial charge in [0.2, 0.25) is 0 Å². The molecule has 1 aromatic carbocycles. The third-order valence-electron chi connectivity index (χ3n) is 5.24. The highest BCUT2D eigenvalue weighted by molar-refractivity contribution is 5.75. The first-order valence-corrected chi connectivity index (χ1v) is 8.93. The van der Waals surface area contributed by atoms with Gasteiger partial charge < -0.3 is 15.0 Å². The fourth-order valence-corrected chi connectivity index (χ4v) is 4.04. The van der Waals surface area contributed by atoms with Crippen molar-refractivity contribution in [3.63, 3.8) is 0 Å². The molecular formula is C19H24N4O2. The molecule has 25 heavy (non-hydrogen) atoms. The van der Waals surface area contributed by atoms with E-state index in [2.05, 4.69) is 21.6 Å². The smallest absolute Gasteiger partial charge is 0.318 e. The molecule has 0 spiro atoms. The second kappa shape index (κ2) is 6.43. The molecule has 6 heteroatoms. The van der Waals surface area contributed by atoms with E-state index in [0.29, 0.717) is 6.61 Å². The molecule has 2 N–H and O–H groups in total. The number of carbonyl (C=O) groups is 1. The number of carbonyl (C=O) groups excluding carboxylic acids is 1. The molecule has 0 bridgehead atoms. The third kappa shape index (κ3) is 2.97. The largest absolute Gasteiger partial charge is 0.491 e. The Balaban J connectivity index is 1.46. The van der Waals surface area contributed by atoms with Crippen molar-refractivity contribution in [2.75, 3.05) is 13.2 Å². The maximum atomic E-state index is 12.9. The van der Waals surface area contributed by atoms with Crippen molar-refractivity contribution < 1.29 is 9.53 Å². The van der Waals surface area contributed by atoms with E-state index < -0.39 is 0 Å². The number of benzene rings is 1. The third-order valence-corrected chi connectivity index (χ3v) is 5.24. The first-order valence-electron chi connectivity index (χ1n) is 8.93. The first kappa shape index (κ1) is 16.0. The average Bonchev–Trinajstić information content (AvgIpc) is 3.21. The topological polar surface area (TPSA) is 70.2 Å². The van der Waals surface area contributed by atoms with Crippen LogP contribution >= 0.6 is 0 Å². The number of likely N-dealkylation sites (tertiary alicyclic amines) is 1. The molecule has 1 aromatic heterocycles. The van der Waals surface area contributed by atoms with Crippen molar-refractivity contribution >= 4 is 6.03 Å². The van der Waals surface area contributed by atoms with Crippen molar-refractivity contribution in [3.8, 4) is 5.75 Å². The molecule has 4 rings (SSSR count). The molecule has 0 radical (unpaired) electrons. The standard InChI is InChI=1S/C19H24N4O2/c1-12-18(13(2)22-21-12)16-7-5-9-23(16)19(24)20-15-10-14-6-3-4-8-17(14)25-11-15/h3-4,6,8,15-16H,5,7,9-11H2,1-2H3,(H,20,24)(H,21,22). The number of ether oxygens (including phenoxy) is 1. The van der Waals surface area contributed by atoms with Crippen molar-refractivity contribution in [3.05, 3.63) is 46.8 Å². The number of amides is 2. The molecule has 2 aliphatic rings. The summed E-state index contributed by atoms with van der Waals surface area (Å²) in [5.74, 6) is 0.927.